The van der Waals surface area contributed by atoms with Gasteiger partial charge < -0.3 is 0 Å². The summed E-state index contributed by atoms with van der Waals surface area (Å²) >= 11 is 3.36. The minimum Gasteiger partial charge on any atom is -0.280 e. The van der Waals surface area contributed by atoms with Crippen LogP contribution in [0.25, 0.3) is 11.3 Å². The molecule has 0 aliphatic heterocycles. The average Bonchev–Trinajstić information content (AvgIpc) is 2.73. The highest BCUT2D eigenvalue weighted by atomic mass is 79.9. The minimum absolute atomic E-state index is 0.150. The van der Waals surface area contributed by atoms with Crippen molar-refractivity contribution in [3.05, 3.63) is 74.0 Å². The molecule has 2 aromatic carbocycles. The van der Waals surface area contributed by atoms with Crippen LogP contribution in [0.3, 0.4) is 0 Å². The summed E-state index contributed by atoms with van der Waals surface area (Å²) in [7, 11) is -3.80. The van der Waals surface area contributed by atoms with Crippen molar-refractivity contribution >= 4 is 31.6 Å². The van der Waals surface area contributed by atoms with Crippen molar-refractivity contribution in [3.8, 4) is 11.3 Å². The highest BCUT2D eigenvalue weighted by Crippen LogP contribution is 2.31. The molecule has 156 valence electrons. The Morgan fingerprint density at radius 3 is 2.60 bits per heavy atom. The van der Waals surface area contributed by atoms with Gasteiger partial charge in [0.05, 0.1) is 10.6 Å². The quantitative estimate of drug-likeness (QED) is 0.556. The van der Waals surface area contributed by atoms with Gasteiger partial charge in [-0.3, -0.25) is 9.52 Å². The third-order valence-electron chi connectivity index (χ3n) is 5.38. The van der Waals surface area contributed by atoms with Gasteiger partial charge in [0.2, 0.25) is 0 Å². The monoisotopic (exact) mass is 487 g/mol. The van der Waals surface area contributed by atoms with Crippen LogP contribution in [0.15, 0.2) is 56.6 Å². The topological polar surface area (TPSA) is 91.9 Å². The molecule has 1 aliphatic carbocycles. The largest absolute Gasteiger partial charge is 0.280 e. The SMILES string of the molecule is CCc1ccc(-c2n[nH]c(=O)c3c2CCCC3)cc1S(=O)(=O)Nc1cccc(Br)c1. The van der Waals surface area contributed by atoms with Crippen LogP contribution in [-0.2, 0) is 29.3 Å². The first-order chi connectivity index (χ1) is 14.4. The van der Waals surface area contributed by atoms with Crippen LogP contribution >= 0.6 is 15.9 Å². The van der Waals surface area contributed by atoms with E-state index in [1.165, 1.54) is 0 Å². The number of hydrogen-bond acceptors (Lipinski definition) is 4. The zero-order valence-electron chi connectivity index (χ0n) is 16.5. The van der Waals surface area contributed by atoms with E-state index in [-0.39, 0.29) is 10.5 Å². The number of sulfonamides is 1. The number of fused-ring (bicyclic) bond motifs is 1. The third kappa shape index (κ3) is 4.06. The van der Waals surface area contributed by atoms with Gasteiger partial charge in [-0.1, -0.05) is 41.1 Å². The predicted octanol–water partition coefficient (Wildman–Crippen LogP) is 4.44. The molecule has 0 bridgehead atoms. The van der Waals surface area contributed by atoms with Gasteiger partial charge in [-0.2, -0.15) is 5.10 Å². The smallest absolute Gasteiger partial charge is 0.267 e. The lowest BCUT2D eigenvalue weighted by Crippen LogP contribution is -2.21. The maximum absolute atomic E-state index is 13.2. The normalized spacial score (nSPS) is 13.7. The zero-order valence-corrected chi connectivity index (χ0v) is 18.9. The van der Waals surface area contributed by atoms with E-state index in [1.54, 1.807) is 24.3 Å². The number of halogens is 1. The highest BCUT2D eigenvalue weighted by Gasteiger charge is 2.23. The van der Waals surface area contributed by atoms with Crippen LogP contribution in [0.2, 0.25) is 0 Å². The number of aromatic nitrogens is 2. The second kappa shape index (κ2) is 8.35. The van der Waals surface area contributed by atoms with E-state index < -0.39 is 10.0 Å². The van der Waals surface area contributed by atoms with E-state index >= 15 is 0 Å². The molecular formula is C22H22BrN3O3S. The Hall–Kier alpha value is -2.45. The Bertz CT molecular complexity index is 1270. The van der Waals surface area contributed by atoms with Crippen molar-refractivity contribution < 1.29 is 8.42 Å². The molecule has 0 spiro atoms. The molecule has 0 radical (unpaired) electrons. The molecule has 2 N–H and O–H groups in total. The van der Waals surface area contributed by atoms with Crippen LogP contribution in [0.4, 0.5) is 5.69 Å². The molecule has 0 fully saturated rings. The number of aromatic amines is 1. The van der Waals surface area contributed by atoms with Crippen molar-refractivity contribution in [3.63, 3.8) is 0 Å². The maximum atomic E-state index is 13.2. The number of benzene rings is 2. The lowest BCUT2D eigenvalue weighted by Gasteiger charge is -2.18. The van der Waals surface area contributed by atoms with Crippen LogP contribution in [0, 0.1) is 0 Å². The fourth-order valence-electron chi connectivity index (χ4n) is 3.90. The zero-order chi connectivity index (χ0) is 21.3. The number of nitrogens with zero attached hydrogens (tertiary/aromatic N) is 1. The van der Waals surface area contributed by atoms with Crippen LogP contribution in [-0.4, -0.2) is 18.6 Å². The van der Waals surface area contributed by atoms with Crippen molar-refractivity contribution in [2.75, 3.05) is 4.72 Å². The number of anilines is 1. The molecule has 1 aliphatic rings. The van der Waals surface area contributed by atoms with Crippen LogP contribution in [0.1, 0.15) is 36.5 Å². The lowest BCUT2D eigenvalue weighted by atomic mass is 9.89. The van der Waals surface area contributed by atoms with Gasteiger partial charge in [0.15, 0.2) is 0 Å². The summed E-state index contributed by atoms with van der Waals surface area (Å²) < 4.78 is 29.9. The highest BCUT2D eigenvalue weighted by molar-refractivity contribution is 9.10. The minimum atomic E-state index is -3.80. The molecule has 4 rings (SSSR count). The van der Waals surface area contributed by atoms with E-state index in [0.717, 1.165) is 46.8 Å². The molecule has 1 heterocycles. The first kappa shape index (κ1) is 20.8. The molecule has 8 heteroatoms. The van der Waals surface area contributed by atoms with Gasteiger partial charge in [0.25, 0.3) is 15.6 Å². The van der Waals surface area contributed by atoms with Gasteiger partial charge in [-0.25, -0.2) is 13.5 Å². The van der Waals surface area contributed by atoms with Crippen molar-refractivity contribution in [2.45, 2.75) is 43.9 Å². The van der Waals surface area contributed by atoms with E-state index in [0.29, 0.717) is 23.4 Å². The van der Waals surface area contributed by atoms with Gasteiger partial charge in [0, 0.05) is 21.3 Å². The van der Waals surface area contributed by atoms with Gasteiger partial charge in [-0.05, 0) is 67.5 Å². The maximum Gasteiger partial charge on any atom is 0.267 e. The summed E-state index contributed by atoms with van der Waals surface area (Å²) in [5.74, 6) is 0. The molecule has 3 aromatic rings. The third-order valence-corrected chi connectivity index (χ3v) is 7.34. The first-order valence-corrected chi connectivity index (χ1v) is 12.2. The van der Waals surface area contributed by atoms with Crippen molar-refractivity contribution in [1.29, 1.82) is 0 Å². The molecule has 0 atom stereocenters. The molecule has 0 amide bonds. The average molecular weight is 488 g/mol. The number of nitrogens with one attached hydrogen (secondary N) is 2. The Kier molecular flexibility index (Phi) is 5.79. The fourth-order valence-corrected chi connectivity index (χ4v) is 5.69. The molecule has 0 unspecified atom stereocenters. The van der Waals surface area contributed by atoms with E-state index in [2.05, 4.69) is 30.8 Å². The Labute approximate surface area is 183 Å². The molecule has 30 heavy (non-hydrogen) atoms. The standard InChI is InChI=1S/C22H22BrN3O3S/c1-2-14-10-11-15(21-18-8-3-4-9-19(18)22(27)25-24-21)12-20(14)30(28,29)26-17-7-5-6-16(23)13-17/h5-7,10-13,26H,2-4,8-9H2,1H3,(H,25,27). The summed E-state index contributed by atoms with van der Waals surface area (Å²) in [6.07, 6.45) is 4.04. The first-order valence-electron chi connectivity index (χ1n) is 9.91. The van der Waals surface area contributed by atoms with Gasteiger partial charge in [-0.15, -0.1) is 0 Å². The second-order valence-corrected chi connectivity index (χ2v) is 9.92. The van der Waals surface area contributed by atoms with Crippen molar-refractivity contribution in [2.24, 2.45) is 0 Å². The van der Waals surface area contributed by atoms with Crippen molar-refractivity contribution in [1.82, 2.24) is 10.2 Å². The van der Waals surface area contributed by atoms with E-state index in [1.807, 2.05) is 25.1 Å². The molecular weight excluding hydrogens is 466 g/mol. The molecule has 0 saturated heterocycles. The van der Waals surface area contributed by atoms with Crippen LogP contribution < -0.4 is 10.3 Å². The summed E-state index contributed by atoms with van der Waals surface area (Å²) in [6.45, 7) is 1.92. The second-order valence-electron chi connectivity index (χ2n) is 7.36. The molecule has 6 nitrogen and oxygen atoms in total. The number of hydrogen-bond donors (Lipinski definition) is 2. The summed E-state index contributed by atoms with van der Waals surface area (Å²) in [6, 6.07) is 12.4. The number of H-pyrrole nitrogens is 1. The summed E-state index contributed by atoms with van der Waals surface area (Å²) in [5.41, 5.74) is 4.10. The van der Waals surface area contributed by atoms with Gasteiger partial charge in [0.1, 0.15) is 0 Å². The number of rotatable bonds is 5. The lowest BCUT2D eigenvalue weighted by molar-refractivity contribution is 0.600. The molecule has 0 saturated carbocycles. The van der Waals surface area contributed by atoms with E-state index in [9.17, 15) is 13.2 Å². The predicted molar refractivity (Wildman–Crippen MR) is 121 cm³/mol. The summed E-state index contributed by atoms with van der Waals surface area (Å²) in [4.78, 5) is 12.4. The Balaban J connectivity index is 1.81. The Morgan fingerprint density at radius 1 is 1.10 bits per heavy atom. The Morgan fingerprint density at radius 2 is 1.87 bits per heavy atom. The summed E-state index contributed by atoms with van der Waals surface area (Å²) in [5, 5.41) is 6.86. The fraction of sp³-hybridized carbons (Fsp3) is 0.273. The van der Waals surface area contributed by atoms with Gasteiger partial charge >= 0.3 is 0 Å². The van der Waals surface area contributed by atoms with Crippen LogP contribution in [0.5, 0.6) is 0 Å². The number of aryl methyl sites for hydroxylation is 1. The van der Waals surface area contributed by atoms with E-state index in [4.69, 9.17) is 0 Å². The molecule has 1 aromatic heterocycles.